The molecule has 1 aromatic heterocycles. The lowest BCUT2D eigenvalue weighted by molar-refractivity contribution is 0.104. The Balaban J connectivity index is 1.75. The molecule has 0 unspecified atom stereocenters. The number of hydrogen-bond acceptors (Lipinski definition) is 6. The van der Waals surface area contributed by atoms with Crippen molar-refractivity contribution in [1.29, 1.82) is 0 Å². The molecule has 5 nitrogen and oxygen atoms in total. The molecule has 0 aliphatic carbocycles. The molecule has 6 heteroatoms. The average molecular weight is 399 g/mol. The number of aromatic hydroxyl groups is 1. The molecule has 0 saturated carbocycles. The van der Waals surface area contributed by atoms with Crippen LogP contribution in [0.25, 0.3) is 0 Å². The number of para-hydroxylation sites is 1. The Hall–Kier alpha value is -3.77. The monoisotopic (exact) mass is 399 g/mol. The number of thiophene rings is 1. The van der Waals surface area contributed by atoms with Gasteiger partial charge in [-0.2, -0.15) is 5.11 Å². The van der Waals surface area contributed by atoms with Crippen molar-refractivity contribution in [3.63, 3.8) is 0 Å². The van der Waals surface area contributed by atoms with Crippen LogP contribution in [0.15, 0.2) is 101 Å². The van der Waals surface area contributed by atoms with E-state index in [9.17, 15) is 9.90 Å². The number of benzene rings is 3. The summed E-state index contributed by atoms with van der Waals surface area (Å²) in [6, 6.07) is 27.6. The first-order valence-corrected chi connectivity index (χ1v) is 9.78. The van der Waals surface area contributed by atoms with Crippen molar-refractivity contribution in [3.05, 3.63) is 101 Å². The van der Waals surface area contributed by atoms with Gasteiger partial charge in [0.2, 0.25) is 5.78 Å². The van der Waals surface area contributed by atoms with E-state index >= 15 is 0 Å². The zero-order valence-electron chi connectivity index (χ0n) is 15.3. The summed E-state index contributed by atoms with van der Waals surface area (Å²) in [5.74, 6) is -0.438. The molecule has 4 rings (SSSR count). The topological polar surface area (TPSA) is 74.0 Å². The van der Waals surface area contributed by atoms with Crippen LogP contribution >= 0.6 is 11.3 Å². The molecule has 0 bridgehead atoms. The number of nitrogens with one attached hydrogen (secondary N) is 1. The Morgan fingerprint density at radius 2 is 1.38 bits per heavy atom. The van der Waals surface area contributed by atoms with Gasteiger partial charge in [0.05, 0.1) is 5.69 Å². The SMILES string of the molecule is O=C(c1ccccc1)c1sc(Nc2ccccc2)c(N=Nc2ccccc2)c1O. The molecule has 0 aliphatic heterocycles. The third-order valence-corrected chi connectivity index (χ3v) is 5.24. The minimum absolute atomic E-state index is 0.179. The smallest absolute Gasteiger partial charge is 0.206 e. The first-order valence-electron chi connectivity index (χ1n) is 8.97. The van der Waals surface area contributed by atoms with Gasteiger partial charge in [-0.15, -0.1) is 16.5 Å². The van der Waals surface area contributed by atoms with Crippen molar-refractivity contribution >= 4 is 39.2 Å². The number of hydrogen-bond donors (Lipinski definition) is 2. The summed E-state index contributed by atoms with van der Waals surface area (Å²) in [7, 11) is 0. The molecule has 0 amide bonds. The Kier molecular flexibility index (Phi) is 5.45. The summed E-state index contributed by atoms with van der Waals surface area (Å²) in [6.45, 7) is 0. The van der Waals surface area contributed by atoms with Gasteiger partial charge in [0.25, 0.3) is 0 Å². The van der Waals surface area contributed by atoms with Gasteiger partial charge in [0.1, 0.15) is 9.88 Å². The molecular formula is C23H17N3O2S. The van der Waals surface area contributed by atoms with Crippen molar-refractivity contribution in [3.8, 4) is 5.75 Å². The number of azo groups is 1. The highest BCUT2D eigenvalue weighted by molar-refractivity contribution is 7.19. The van der Waals surface area contributed by atoms with Gasteiger partial charge in [-0.05, 0) is 24.3 Å². The largest absolute Gasteiger partial charge is 0.504 e. The third kappa shape index (κ3) is 4.23. The molecule has 1 heterocycles. The summed E-state index contributed by atoms with van der Waals surface area (Å²) in [6.07, 6.45) is 0. The van der Waals surface area contributed by atoms with Gasteiger partial charge in [-0.25, -0.2) is 0 Å². The molecule has 0 aliphatic rings. The van der Waals surface area contributed by atoms with Crippen LogP contribution in [-0.2, 0) is 0 Å². The summed E-state index contributed by atoms with van der Waals surface area (Å²) in [4.78, 5) is 13.1. The van der Waals surface area contributed by atoms with E-state index in [1.54, 1.807) is 24.3 Å². The van der Waals surface area contributed by atoms with E-state index in [1.807, 2.05) is 66.7 Å². The minimum Gasteiger partial charge on any atom is -0.504 e. The second-order valence-electron chi connectivity index (χ2n) is 6.18. The maximum atomic E-state index is 12.9. The van der Waals surface area contributed by atoms with E-state index in [0.717, 1.165) is 17.0 Å². The maximum Gasteiger partial charge on any atom is 0.206 e. The van der Waals surface area contributed by atoms with Gasteiger partial charge < -0.3 is 10.4 Å². The van der Waals surface area contributed by atoms with E-state index in [0.29, 0.717) is 16.3 Å². The first kappa shape index (κ1) is 18.6. The van der Waals surface area contributed by atoms with Crippen molar-refractivity contribution < 1.29 is 9.90 Å². The molecule has 0 radical (unpaired) electrons. The molecule has 0 fully saturated rings. The van der Waals surface area contributed by atoms with Gasteiger partial charge >= 0.3 is 0 Å². The molecule has 0 atom stereocenters. The summed E-state index contributed by atoms with van der Waals surface area (Å²) < 4.78 is 0. The van der Waals surface area contributed by atoms with Crippen LogP contribution in [0.1, 0.15) is 15.2 Å². The van der Waals surface area contributed by atoms with Crippen LogP contribution in [0.2, 0.25) is 0 Å². The Bertz CT molecular complexity index is 1140. The summed E-state index contributed by atoms with van der Waals surface area (Å²) >= 11 is 1.15. The highest BCUT2D eigenvalue weighted by Gasteiger charge is 2.24. The Morgan fingerprint density at radius 1 is 0.793 bits per heavy atom. The maximum absolute atomic E-state index is 12.9. The van der Waals surface area contributed by atoms with Crippen molar-refractivity contribution in [1.82, 2.24) is 0 Å². The van der Waals surface area contributed by atoms with E-state index in [2.05, 4.69) is 15.5 Å². The van der Waals surface area contributed by atoms with Crippen LogP contribution in [0, 0.1) is 0 Å². The lowest BCUT2D eigenvalue weighted by atomic mass is 10.1. The lowest BCUT2D eigenvalue weighted by Crippen LogP contribution is -1.97. The molecule has 2 N–H and O–H groups in total. The molecular weight excluding hydrogens is 382 g/mol. The molecule has 142 valence electrons. The van der Waals surface area contributed by atoms with Gasteiger partial charge in [0, 0.05) is 11.3 Å². The van der Waals surface area contributed by atoms with Crippen molar-refractivity contribution in [2.75, 3.05) is 5.32 Å². The predicted molar refractivity (Wildman–Crippen MR) is 116 cm³/mol. The van der Waals surface area contributed by atoms with Gasteiger partial charge in [-0.1, -0.05) is 66.7 Å². The molecule has 29 heavy (non-hydrogen) atoms. The van der Waals surface area contributed by atoms with E-state index < -0.39 is 0 Å². The Morgan fingerprint density at radius 3 is 2.03 bits per heavy atom. The number of carbonyl (C=O) groups excluding carboxylic acids is 1. The number of carbonyl (C=O) groups is 1. The fourth-order valence-electron chi connectivity index (χ4n) is 2.72. The molecule has 0 spiro atoms. The second kappa shape index (κ2) is 8.50. The van der Waals surface area contributed by atoms with E-state index in [1.165, 1.54) is 0 Å². The summed E-state index contributed by atoms with van der Waals surface area (Å²) in [5.41, 5.74) is 2.21. The zero-order chi connectivity index (χ0) is 20.1. The molecule has 0 saturated heterocycles. The van der Waals surface area contributed by atoms with E-state index in [4.69, 9.17) is 0 Å². The first-order chi connectivity index (χ1) is 14.2. The van der Waals surface area contributed by atoms with Crippen LogP contribution in [-0.4, -0.2) is 10.9 Å². The highest BCUT2D eigenvalue weighted by Crippen LogP contribution is 2.48. The molecule has 3 aromatic carbocycles. The normalized spacial score (nSPS) is 10.9. The zero-order valence-corrected chi connectivity index (χ0v) is 16.1. The highest BCUT2D eigenvalue weighted by atomic mass is 32.1. The standard InChI is InChI=1S/C23H17N3O2S/c27-20(16-10-4-1-5-11-16)22-21(28)19(26-25-18-14-8-3-9-15-18)23(29-22)24-17-12-6-2-7-13-17/h1-15,24,28H. The number of nitrogens with zero attached hydrogens (tertiary/aromatic N) is 2. The molecule has 4 aromatic rings. The van der Waals surface area contributed by atoms with Crippen molar-refractivity contribution in [2.45, 2.75) is 0 Å². The van der Waals surface area contributed by atoms with Gasteiger partial charge in [0.15, 0.2) is 11.4 Å². The number of ketones is 1. The van der Waals surface area contributed by atoms with Crippen LogP contribution < -0.4 is 5.32 Å². The number of rotatable bonds is 6. The average Bonchev–Trinajstić information content (AvgIpc) is 3.08. The fourth-order valence-corrected chi connectivity index (χ4v) is 3.73. The van der Waals surface area contributed by atoms with Gasteiger partial charge in [-0.3, -0.25) is 4.79 Å². The quantitative estimate of drug-likeness (QED) is 0.275. The van der Waals surface area contributed by atoms with Crippen LogP contribution in [0.4, 0.5) is 22.1 Å². The van der Waals surface area contributed by atoms with Crippen molar-refractivity contribution in [2.24, 2.45) is 10.2 Å². The summed E-state index contributed by atoms with van der Waals surface area (Å²) in [5, 5.41) is 23.0. The van der Waals surface area contributed by atoms with Crippen LogP contribution in [0.5, 0.6) is 5.75 Å². The lowest BCUT2D eigenvalue weighted by Gasteiger charge is -2.03. The Labute approximate surface area is 172 Å². The second-order valence-corrected chi connectivity index (χ2v) is 7.20. The third-order valence-electron chi connectivity index (χ3n) is 4.15. The minimum atomic E-state index is -0.259. The number of anilines is 2. The van der Waals surface area contributed by atoms with E-state index in [-0.39, 0.29) is 22.1 Å². The van der Waals surface area contributed by atoms with Crippen LogP contribution in [0.3, 0.4) is 0 Å². The predicted octanol–water partition coefficient (Wildman–Crippen LogP) is 6.84. The fraction of sp³-hybridized carbons (Fsp3) is 0.